The number of halogens is 1. The Labute approximate surface area is 187 Å². The summed E-state index contributed by atoms with van der Waals surface area (Å²) in [5, 5.41) is 2.93. The highest BCUT2D eigenvalue weighted by atomic mass is 79.9. The largest absolute Gasteiger partial charge is 0.484 e. The molecule has 0 unspecified atom stereocenters. The quantitative estimate of drug-likeness (QED) is 0.504. The molecule has 1 N–H and O–H groups in total. The van der Waals surface area contributed by atoms with Crippen LogP contribution in [0.25, 0.3) is 0 Å². The molecule has 2 aromatic rings. The third kappa shape index (κ3) is 6.87. The number of hydrogen-bond donors (Lipinski definition) is 1. The van der Waals surface area contributed by atoms with Crippen LogP contribution in [0.15, 0.2) is 46.9 Å². The second-order valence-electron chi connectivity index (χ2n) is 7.47. The van der Waals surface area contributed by atoms with E-state index < -0.39 is 6.04 Å². The predicted octanol–water partition coefficient (Wildman–Crippen LogP) is 4.78. The Hall–Kier alpha value is -2.34. The van der Waals surface area contributed by atoms with E-state index in [1.165, 1.54) is 0 Å². The summed E-state index contributed by atoms with van der Waals surface area (Å²) in [6.45, 7) is 8.65. The number of carbonyl (C=O) groups excluding carboxylic acids is 2. The number of amides is 2. The Kier molecular flexibility index (Phi) is 9.37. The Morgan fingerprint density at radius 1 is 1.13 bits per heavy atom. The van der Waals surface area contributed by atoms with Crippen molar-refractivity contribution in [3.63, 3.8) is 0 Å². The van der Waals surface area contributed by atoms with Crippen LogP contribution in [0.1, 0.15) is 43.4 Å². The van der Waals surface area contributed by atoms with Gasteiger partial charge in [0.2, 0.25) is 5.91 Å². The third-order valence-corrected chi connectivity index (χ3v) is 5.98. The van der Waals surface area contributed by atoms with Crippen molar-refractivity contribution < 1.29 is 14.3 Å². The molecular weight excluding hydrogens is 444 g/mol. The maximum Gasteiger partial charge on any atom is 0.261 e. The van der Waals surface area contributed by atoms with Crippen LogP contribution in [0.4, 0.5) is 0 Å². The highest BCUT2D eigenvalue weighted by Crippen LogP contribution is 2.22. The fourth-order valence-electron chi connectivity index (χ4n) is 3.02. The van der Waals surface area contributed by atoms with Crippen molar-refractivity contribution >= 4 is 27.7 Å². The van der Waals surface area contributed by atoms with Gasteiger partial charge in [-0.25, -0.2) is 0 Å². The number of carbonyl (C=O) groups is 2. The normalized spacial score (nSPS) is 11.6. The van der Waals surface area contributed by atoms with Gasteiger partial charge >= 0.3 is 0 Å². The summed E-state index contributed by atoms with van der Waals surface area (Å²) >= 11 is 3.46. The first kappa shape index (κ1) is 23.9. The van der Waals surface area contributed by atoms with E-state index in [9.17, 15) is 9.59 Å². The second-order valence-corrected chi connectivity index (χ2v) is 8.32. The first-order chi connectivity index (χ1) is 14.3. The van der Waals surface area contributed by atoms with Gasteiger partial charge in [-0.2, -0.15) is 0 Å². The van der Waals surface area contributed by atoms with Gasteiger partial charge in [-0.3, -0.25) is 9.59 Å². The van der Waals surface area contributed by atoms with E-state index in [-0.39, 0.29) is 18.4 Å². The molecule has 2 rings (SSSR count). The lowest BCUT2D eigenvalue weighted by Gasteiger charge is -2.29. The minimum absolute atomic E-state index is 0.125. The van der Waals surface area contributed by atoms with Gasteiger partial charge in [-0.1, -0.05) is 53.5 Å². The lowest BCUT2D eigenvalue weighted by molar-refractivity contribution is -0.142. The van der Waals surface area contributed by atoms with E-state index >= 15 is 0 Å². The molecule has 0 aliphatic rings. The van der Waals surface area contributed by atoms with Gasteiger partial charge < -0.3 is 15.0 Å². The molecule has 162 valence electrons. The molecule has 0 spiro atoms. The van der Waals surface area contributed by atoms with Crippen LogP contribution >= 0.6 is 15.9 Å². The minimum atomic E-state index is -0.593. The van der Waals surface area contributed by atoms with Gasteiger partial charge in [0.15, 0.2) is 6.61 Å². The van der Waals surface area contributed by atoms with Crippen molar-refractivity contribution in [2.24, 2.45) is 0 Å². The van der Waals surface area contributed by atoms with Crippen LogP contribution in [0, 0.1) is 13.8 Å². The summed E-state index contributed by atoms with van der Waals surface area (Å²) in [4.78, 5) is 27.3. The summed E-state index contributed by atoms with van der Waals surface area (Å²) in [5.41, 5.74) is 3.12. The highest BCUT2D eigenvalue weighted by molar-refractivity contribution is 9.10. The molecule has 1 atom stereocenters. The average molecular weight is 475 g/mol. The molecule has 0 aliphatic carbocycles. The van der Waals surface area contributed by atoms with Crippen molar-refractivity contribution in [3.8, 4) is 5.75 Å². The molecule has 0 saturated heterocycles. The van der Waals surface area contributed by atoms with Crippen molar-refractivity contribution in [2.75, 3.05) is 13.2 Å². The average Bonchev–Trinajstić information content (AvgIpc) is 2.73. The second kappa shape index (κ2) is 11.7. The number of ether oxygens (including phenoxy) is 1. The molecule has 6 heteroatoms. The van der Waals surface area contributed by atoms with Crippen LogP contribution in [-0.2, 0) is 16.1 Å². The Bertz CT molecular complexity index is 869. The smallest absolute Gasteiger partial charge is 0.261 e. The van der Waals surface area contributed by atoms with E-state index in [2.05, 4.69) is 28.2 Å². The Balaban J connectivity index is 2.14. The number of unbranched alkanes of at least 4 members (excludes halogenated alkanes) is 1. The summed E-state index contributed by atoms with van der Waals surface area (Å²) in [6.07, 6.45) is 1.91. The molecule has 5 nitrogen and oxygen atoms in total. The van der Waals surface area contributed by atoms with Crippen LogP contribution in [0.5, 0.6) is 5.75 Å². The topological polar surface area (TPSA) is 58.6 Å². The van der Waals surface area contributed by atoms with E-state index in [4.69, 9.17) is 4.74 Å². The molecule has 0 aromatic heterocycles. The lowest BCUT2D eigenvalue weighted by atomic mass is 10.1. The summed E-state index contributed by atoms with van der Waals surface area (Å²) in [7, 11) is 0. The van der Waals surface area contributed by atoms with Gasteiger partial charge in [0, 0.05) is 17.6 Å². The molecule has 2 aromatic carbocycles. The van der Waals surface area contributed by atoms with Gasteiger partial charge in [0.1, 0.15) is 11.8 Å². The maximum atomic E-state index is 13.1. The number of benzene rings is 2. The van der Waals surface area contributed by atoms with Crippen molar-refractivity contribution in [1.29, 1.82) is 0 Å². The standard InChI is InChI=1S/C24H31BrN2O3/c1-5-6-13-26-24(29)19(4)27(15-20-10-8-7-9-17(20)2)23(28)16-30-21-11-12-22(25)18(3)14-21/h7-12,14,19H,5-6,13,15-16H2,1-4H3,(H,26,29)/t19-/m1/s1. The predicted molar refractivity (Wildman–Crippen MR) is 123 cm³/mol. The summed E-state index contributed by atoms with van der Waals surface area (Å²) in [5.74, 6) is 0.252. The van der Waals surface area contributed by atoms with Gasteiger partial charge in [0.25, 0.3) is 5.91 Å². The third-order valence-electron chi connectivity index (χ3n) is 5.09. The highest BCUT2D eigenvalue weighted by Gasteiger charge is 2.26. The molecular formula is C24H31BrN2O3. The summed E-state index contributed by atoms with van der Waals surface area (Å²) in [6, 6.07) is 12.9. The number of rotatable bonds is 10. The summed E-state index contributed by atoms with van der Waals surface area (Å²) < 4.78 is 6.72. The molecule has 2 amide bonds. The van der Waals surface area contributed by atoms with Crippen LogP contribution in [0.3, 0.4) is 0 Å². The van der Waals surface area contributed by atoms with Gasteiger partial charge in [-0.05, 0) is 62.1 Å². The molecule has 0 heterocycles. The monoisotopic (exact) mass is 474 g/mol. The first-order valence-electron chi connectivity index (χ1n) is 10.3. The zero-order valence-electron chi connectivity index (χ0n) is 18.2. The van der Waals surface area contributed by atoms with Crippen molar-refractivity contribution in [3.05, 3.63) is 63.6 Å². The van der Waals surface area contributed by atoms with Crippen molar-refractivity contribution in [2.45, 2.75) is 53.1 Å². The Morgan fingerprint density at radius 2 is 1.87 bits per heavy atom. The zero-order valence-corrected chi connectivity index (χ0v) is 19.8. The molecule has 0 aliphatic heterocycles. The fourth-order valence-corrected chi connectivity index (χ4v) is 3.27. The zero-order chi connectivity index (χ0) is 22.1. The minimum Gasteiger partial charge on any atom is -0.484 e. The SMILES string of the molecule is CCCCNC(=O)[C@@H](C)N(Cc1ccccc1C)C(=O)COc1ccc(Br)c(C)c1. The molecule has 30 heavy (non-hydrogen) atoms. The fraction of sp³-hybridized carbons (Fsp3) is 0.417. The van der Waals surface area contributed by atoms with Gasteiger partial charge in [0.05, 0.1) is 0 Å². The van der Waals surface area contributed by atoms with E-state index in [0.717, 1.165) is 34.0 Å². The van der Waals surface area contributed by atoms with E-state index in [1.807, 2.05) is 56.3 Å². The Morgan fingerprint density at radius 3 is 2.53 bits per heavy atom. The van der Waals surface area contributed by atoms with Crippen LogP contribution < -0.4 is 10.1 Å². The lowest BCUT2D eigenvalue weighted by Crippen LogP contribution is -2.49. The van der Waals surface area contributed by atoms with Crippen molar-refractivity contribution in [1.82, 2.24) is 10.2 Å². The number of nitrogens with one attached hydrogen (secondary N) is 1. The number of hydrogen-bond acceptors (Lipinski definition) is 3. The van der Waals surface area contributed by atoms with Crippen LogP contribution in [0.2, 0.25) is 0 Å². The number of aryl methyl sites for hydroxylation is 2. The molecule has 0 fully saturated rings. The maximum absolute atomic E-state index is 13.1. The van der Waals surface area contributed by atoms with Crippen LogP contribution in [-0.4, -0.2) is 35.9 Å². The van der Waals surface area contributed by atoms with Gasteiger partial charge in [-0.15, -0.1) is 0 Å². The van der Waals surface area contributed by atoms with E-state index in [0.29, 0.717) is 18.8 Å². The van der Waals surface area contributed by atoms with E-state index in [1.54, 1.807) is 11.8 Å². The molecule has 0 bridgehead atoms. The first-order valence-corrected chi connectivity index (χ1v) is 11.1. The molecule has 0 saturated carbocycles. The molecule has 0 radical (unpaired) electrons. The number of nitrogens with zero attached hydrogens (tertiary/aromatic N) is 1.